The lowest BCUT2D eigenvalue weighted by atomic mass is 9.92. The Morgan fingerprint density at radius 1 is 1.40 bits per heavy atom. The second-order valence-electron chi connectivity index (χ2n) is 5.43. The maximum absolute atomic E-state index is 12.3. The normalized spacial score (nSPS) is 14.7. The molecule has 116 valence electrons. The molecule has 7 heteroatoms. The van der Waals surface area contributed by atoms with Crippen LogP contribution in [0.25, 0.3) is 0 Å². The molecule has 0 radical (unpaired) electrons. The molecule has 1 atom stereocenters. The Labute approximate surface area is 132 Å². The van der Waals surface area contributed by atoms with E-state index in [0.29, 0.717) is 17.4 Å². The summed E-state index contributed by atoms with van der Waals surface area (Å²) in [6, 6.07) is 6.19. The molecule has 0 spiro atoms. The molecule has 1 rings (SSSR count). The molecule has 1 aromatic rings. The molecule has 0 bridgehead atoms. The van der Waals surface area contributed by atoms with Gasteiger partial charge in [0.05, 0.1) is 4.90 Å². The highest BCUT2D eigenvalue weighted by atomic mass is 35.5. The van der Waals surface area contributed by atoms with Crippen LogP contribution in [0.15, 0.2) is 29.2 Å². The molecule has 0 heterocycles. The third kappa shape index (κ3) is 5.58. The van der Waals surface area contributed by atoms with Crippen LogP contribution in [0.1, 0.15) is 27.2 Å². The topological polar surface area (TPSA) is 72.2 Å². The molecule has 0 aliphatic rings. The fraction of sp³-hybridized carbons (Fsp3) is 0.538. The SMILES string of the molecule is CC(C)CC(C)(CN)NS(=O)(=O)c1cccc(Cl)c1.Cl. The highest BCUT2D eigenvalue weighted by molar-refractivity contribution is 7.89. The Kier molecular flexibility index (Phi) is 7.49. The van der Waals surface area contributed by atoms with Crippen LogP contribution in [0.2, 0.25) is 5.02 Å². The molecule has 0 amide bonds. The summed E-state index contributed by atoms with van der Waals surface area (Å²) in [5.41, 5.74) is 5.06. The van der Waals surface area contributed by atoms with Crippen LogP contribution in [0.3, 0.4) is 0 Å². The van der Waals surface area contributed by atoms with E-state index >= 15 is 0 Å². The molecule has 0 aliphatic carbocycles. The zero-order valence-corrected chi connectivity index (χ0v) is 14.3. The fourth-order valence-electron chi connectivity index (χ4n) is 2.09. The van der Waals surface area contributed by atoms with Crippen molar-refractivity contribution in [2.75, 3.05) is 6.54 Å². The maximum atomic E-state index is 12.3. The lowest BCUT2D eigenvalue weighted by Crippen LogP contribution is -2.51. The smallest absolute Gasteiger partial charge is 0.241 e. The van der Waals surface area contributed by atoms with Crippen molar-refractivity contribution in [2.45, 2.75) is 37.6 Å². The molecule has 4 nitrogen and oxygen atoms in total. The van der Waals surface area contributed by atoms with Crippen LogP contribution in [-0.4, -0.2) is 20.5 Å². The second-order valence-corrected chi connectivity index (χ2v) is 7.54. The Balaban J connectivity index is 0.00000361. The quantitative estimate of drug-likeness (QED) is 0.836. The Bertz CT molecular complexity index is 535. The van der Waals surface area contributed by atoms with Gasteiger partial charge in [-0.1, -0.05) is 31.5 Å². The van der Waals surface area contributed by atoms with Crippen LogP contribution in [0.5, 0.6) is 0 Å². The molecule has 0 aliphatic heterocycles. The number of benzene rings is 1. The molecule has 0 fully saturated rings. The number of nitrogens with one attached hydrogen (secondary N) is 1. The number of nitrogens with two attached hydrogens (primary N) is 1. The van der Waals surface area contributed by atoms with Gasteiger partial charge in [-0.15, -0.1) is 12.4 Å². The first kappa shape index (κ1) is 19.7. The van der Waals surface area contributed by atoms with E-state index in [2.05, 4.69) is 4.72 Å². The van der Waals surface area contributed by atoms with Crippen molar-refractivity contribution in [3.63, 3.8) is 0 Å². The lowest BCUT2D eigenvalue weighted by molar-refractivity contribution is 0.344. The summed E-state index contributed by atoms with van der Waals surface area (Å²) >= 11 is 5.82. The van der Waals surface area contributed by atoms with Gasteiger partial charge in [-0.3, -0.25) is 0 Å². The van der Waals surface area contributed by atoms with Crippen molar-refractivity contribution in [1.29, 1.82) is 0 Å². The van der Waals surface area contributed by atoms with Crippen LogP contribution >= 0.6 is 24.0 Å². The van der Waals surface area contributed by atoms with Crippen molar-refractivity contribution in [2.24, 2.45) is 11.7 Å². The summed E-state index contributed by atoms with van der Waals surface area (Å²) in [5.74, 6) is 0.343. The lowest BCUT2D eigenvalue weighted by Gasteiger charge is -2.30. The summed E-state index contributed by atoms with van der Waals surface area (Å²) < 4.78 is 27.3. The van der Waals surface area contributed by atoms with E-state index in [9.17, 15) is 8.42 Å². The third-order valence-electron chi connectivity index (χ3n) is 2.80. The van der Waals surface area contributed by atoms with Gasteiger partial charge in [0.2, 0.25) is 10.0 Å². The van der Waals surface area contributed by atoms with E-state index in [-0.39, 0.29) is 23.8 Å². The molecule has 0 saturated heterocycles. The van der Waals surface area contributed by atoms with Gasteiger partial charge >= 0.3 is 0 Å². The molecule has 0 saturated carbocycles. The van der Waals surface area contributed by atoms with E-state index in [0.717, 1.165) is 0 Å². The predicted molar refractivity (Wildman–Crippen MR) is 85.9 cm³/mol. The third-order valence-corrected chi connectivity index (χ3v) is 4.67. The minimum atomic E-state index is -3.61. The van der Waals surface area contributed by atoms with Gasteiger partial charge in [0.15, 0.2) is 0 Å². The van der Waals surface area contributed by atoms with Crippen molar-refractivity contribution in [3.8, 4) is 0 Å². The average Bonchev–Trinajstić information content (AvgIpc) is 2.27. The molecule has 0 aromatic heterocycles. The molecule has 20 heavy (non-hydrogen) atoms. The van der Waals surface area contributed by atoms with E-state index in [1.54, 1.807) is 12.1 Å². The number of halogens is 2. The van der Waals surface area contributed by atoms with Crippen LogP contribution < -0.4 is 10.5 Å². The number of hydrogen-bond donors (Lipinski definition) is 2. The van der Waals surface area contributed by atoms with Crippen LogP contribution in [0, 0.1) is 5.92 Å². The largest absolute Gasteiger partial charge is 0.329 e. The van der Waals surface area contributed by atoms with Gasteiger partial charge < -0.3 is 5.73 Å². The van der Waals surface area contributed by atoms with Crippen molar-refractivity contribution in [1.82, 2.24) is 4.72 Å². The van der Waals surface area contributed by atoms with Crippen LogP contribution in [0.4, 0.5) is 0 Å². The highest BCUT2D eigenvalue weighted by Gasteiger charge is 2.30. The first-order valence-electron chi connectivity index (χ1n) is 6.18. The summed E-state index contributed by atoms with van der Waals surface area (Å²) in [7, 11) is -3.61. The van der Waals surface area contributed by atoms with E-state index in [4.69, 9.17) is 17.3 Å². The van der Waals surface area contributed by atoms with Gasteiger partial charge in [-0.2, -0.15) is 0 Å². The molecular formula is C13H22Cl2N2O2S. The van der Waals surface area contributed by atoms with Gasteiger partial charge in [0.1, 0.15) is 0 Å². The molecular weight excluding hydrogens is 319 g/mol. The summed E-state index contributed by atoms with van der Waals surface area (Å²) in [6.07, 6.45) is 0.670. The van der Waals surface area contributed by atoms with Gasteiger partial charge in [0.25, 0.3) is 0 Å². The standard InChI is InChI=1S/C13H21ClN2O2S.ClH/c1-10(2)8-13(3,9-15)16-19(17,18)12-6-4-5-11(14)7-12;/h4-7,10,16H,8-9,15H2,1-3H3;1H. The van der Waals surface area contributed by atoms with Crippen molar-refractivity contribution in [3.05, 3.63) is 29.3 Å². The minimum absolute atomic E-state index is 0. The number of hydrogen-bond acceptors (Lipinski definition) is 3. The van der Waals surface area contributed by atoms with Gasteiger partial charge in [-0.25, -0.2) is 13.1 Å². The Morgan fingerprint density at radius 3 is 2.45 bits per heavy atom. The molecule has 3 N–H and O–H groups in total. The van der Waals surface area contributed by atoms with Gasteiger partial charge in [0, 0.05) is 17.1 Å². The summed E-state index contributed by atoms with van der Waals surface area (Å²) in [6.45, 7) is 6.11. The molecule has 1 unspecified atom stereocenters. The monoisotopic (exact) mass is 340 g/mol. The van der Waals surface area contributed by atoms with Crippen molar-refractivity contribution < 1.29 is 8.42 Å². The maximum Gasteiger partial charge on any atom is 0.241 e. The second kappa shape index (κ2) is 7.61. The zero-order chi connectivity index (χ0) is 14.7. The van der Waals surface area contributed by atoms with E-state index in [1.165, 1.54) is 12.1 Å². The number of rotatable bonds is 6. The first-order chi connectivity index (χ1) is 8.68. The highest BCUT2D eigenvalue weighted by Crippen LogP contribution is 2.21. The number of sulfonamides is 1. The van der Waals surface area contributed by atoms with E-state index in [1.807, 2.05) is 20.8 Å². The zero-order valence-electron chi connectivity index (χ0n) is 11.9. The summed E-state index contributed by atoms with van der Waals surface area (Å²) in [4.78, 5) is 0.156. The van der Waals surface area contributed by atoms with Gasteiger partial charge in [-0.05, 0) is 37.5 Å². The summed E-state index contributed by atoms with van der Waals surface area (Å²) in [5, 5.41) is 0.390. The Morgan fingerprint density at radius 2 is 2.00 bits per heavy atom. The molecule has 1 aromatic carbocycles. The minimum Gasteiger partial charge on any atom is -0.329 e. The first-order valence-corrected chi connectivity index (χ1v) is 8.04. The average molecular weight is 341 g/mol. The fourth-order valence-corrected chi connectivity index (χ4v) is 3.81. The predicted octanol–water partition coefficient (Wildman–Crippen LogP) is 2.80. The van der Waals surface area contributed by atoms with Crippen LogP contribution in [-0.2, 0) is 10.0 Å². The Hall–Kier alpha value is -0.330. The van der Waals surface area contributed by atoms with Crippen molar-refractivity contribution >= 4 is 34.0 Å². The van der Waals surface area contributed by atoms with E-state index < -0.39 is 15.6 Å².